The second-order valence-electron chi connectivity index (χ2n) is 5.65. The summed E-state index contributed by atoms with van der Waals surface area (Å²) < 4.78 is 5.67. The molecule has 0 amide bonds. The van der Waals surface area contributed by atoms with Crippen LogP contribution in [-0.2, 0) is 0 Å². The first-order valence-electron chi connectivity index (χ1n) is 7.33. The third kappa shape index (κ3) is 5.73. The fraction of sp³-hybridized carbons (Fsp3) is 0.562. The SMILES string of the molecule is CC(C)c1ccc(OCCN=C(N)N(C)C2CC2)cc1.I. The summed E-state index contributed by atoms with van der Waals surface area (Å²) in [5, 5.41) is 0. The van der Waals surface area contributed by atoms with Crippen molar-refractivity contribution >= 4 is 29.9 Å². The molecule has 0 aromatic heterocycles. The lowest BCUT2D eigenvalue weighted by Crippen LogP contribution is -2.36. The summed E-state index contributed by atoms with van der Waals surface area (Å²) in [6.45, 7) is 5.52. The van der Waals surface area contributed by atoms with E-state index >= 15 is 0 Å². The summed E-state index contributed by atoms with van der Waals surface area (Å²) in [6.07, 6.45) is 2.46. The fourth-order valence-corrected chi connectivity index (χ4v) is 2.03. The van der Waals surface area contributed by atoms with Crippen molar-refractivity contribution in [3.05, 3.63) is 29.8 Å². The Labute approximate surface area is 144 Å². The predicted molar refractivity (Wildman–Crippen MR) is 98.7 cm³/mol. The van der Waals surface area contributed by atoms with E-state index in [1.807, 2.05) is 19.2 Å². The summed E-state index contributed by atoms with van der Waals surface area (Å²) in [5.74, 6) is 2.05. The minimum atomic E-state index is 0. The molecule has 1 aromatic carbocycles. The van der Waals surface area contributed by atoms with Gasteiger partial charge in [-0.3, -0.25) is 0 Å². The molecule has 2 rings (SSSR count). The average molecular weight is 403 g/mol. The zero-order valence-electron chi connectivity index (χ0n) is 13.1. The Morgan fingerprint density at radius 1 is 1.33 bits per heavy atom. The number of ether oxygens (including phenoxy) is 1. The number of nitrogens with zero attached hydrogens (tertiary/aromatic N) is 2. The summed E-state index contributed by atoms with van der Waals surface area (Å²) >= 11 is 0. The molecule has 0 heterocycles. The van der Waals surface area contributed by atoms with Crippen LogP contribution in [-0.4, -0.2) is 37.1 Å². The summed E-state index contributed by atoms with van der Waals surface area (Å²) in [4.78, 5) is 6.39. The highest BCUT2D eigenvalue weighted by Gasteiger charge is 2.27. The van der Waals surface area contributed by atoms with Crippen molar-refractivity contribution in [1.82, 2.24) is 4.90 Å². The number of benzene rings is 1. The molecular formula is C16H26IN3O. The topological polar surface area (TPSA) is 50.9 Å². The molecule has 5 heteroatoms. The van der Waals surface area contributed by atoms with Gasteiger partial charge >= 0.3 is 0 Å². The monoisotopic (exact) mass is 403 g/mol. The summed E-state index contributed by atoms with van der Waals surface area (Å²) in [6, 6.07) is 8.84. The molecular weight excluding hydrogens is 377 g/mol. The Hall–Kier alpha value is -0.980. The van der Waals surface area contributed by atoms with Crippen LogP contribution in [0, 0.1) is 0 Å². The molecule has 2 N–H and O–H groups in total. The lowest BCUT2D eigenvalue weighted by molar-refractivity contribution is 0.327. The van der Waals surface area contributed by atoms with E-state index in [2.05, 4.69) is 35.9 Å². The number of halogens is 1. The number of hydrogen-bond acceptors (Lipinski definition) is 2. The van der Waals surface area contributed by atoms with Gasteiger partial charge in [0, 0.05) is 13.1 Å². The van der Waals surface area contributed by atoms with E-state index in [9.17, 15) is 0 Å². The van der Waals surface area contributed by atoms with Crippen LogP contribution >= 0.6 is 24.0 Å². The van der Waals surface area contributed by atoms with E-state index in [4.69, 9.17) is 10.5 Å². The molecule has 0 aliphatic heterocycles. The molecule has 1 aliphatic carbocycles. The Morgan fingerprint density at radius 2 is 1.95 bits per heavy atom. The number of rotatable bonds is 6. The molecule has 118 valence electrons. The van der Waals surface area contributed by atoms with Gasteiger partial charge in [0.15, 0.2) is 5.96 Å². The van der Waals surface area contributed by atoms with Crippen LogP contribution in [0.4, 0.5) is 0 Å². The third-order valence-electron chi connectivity index (χ3n) is 3.64. The van der Waals surface area contributed by atoms with Crippen molar-refractivity contribution < 1.29 is 4.74 Å². The standard InChI is InChI=1S/C16H25N3O.HI/c1-12(2)13-4-8-15(9-5-13)20-11-10-18-16(17)19(3)14-6-7-14;/h4-5,8-9,12,14H,6-7,10-11H2,1-3H3,(H2,17,18);1H. The van der Waals surface area contributed by atoms with E-state index < -0.39 is 0 Å². The Balaban J connectivity index is 0.00000220. The normalized spacial score (nSPS) is 14.8. The summed E-state index contributed by atoms with van der Waals surface area (Å²) in [7, 11) is 2.00. The smallest absolute Gasteiger partial charge is 0.191 e. The first kappa shape index (κ1) is 18.1. The van der Waals surface area contributed by atoms with Gasteiger partial charge in [0.25, 0.3) is 0 Å². The molecule has 0 saturated heterocycles. The molecule has 1 fully saturated rings. The Kier molecular flexibility index (Phi) is 7.28. The molecule has 0 radical (unpaired) electrons. The van der Waals surface area contributed by atoms with Crippen molar-refractivity contribution in [2.45, 2.75) is 38.6 Å². The largest absolute Gasteiger partial charge is 0.492 e. The van der Waals surface area contributed by atoms with Gasteiger partial charge < -0.3 is 15.4 Å². The van der Waals surface area contributed by atoms with Crippen molar-refractivity contribution in [3.8, 4) is 5.75 Å². The zero-order chi connectivity index (χ0) is 14.5. The van der Waals surface area contributed by atoms with Gasteiger partial charge in [0.1, 0.15) is 12.4 Å². The van der Waals surface area contributed by atoms with Crippen LogP contribution in [0.25, 0.3) is 0 Å². The molecule has 21 heavy (non-hydrogen) atoms. The van der Waals surface area contributed by atoms with Crippen LogP contribution in [0.1, 0.15) is 38.2 Å². The first-order chi connectivity index (χ1) is 9.58. The predicted octanol–water partition coefficient (Wildman–Crippen LogP) is 3.22. The quantitative estimate of drug-likeness (QED) is 0.344. The molecule has 0 spiro atoms. The second-order valence-corrected chi connectivity index (χ2v) is 5.65. The Morgan fingerprint density at radius 3 is 2.48 bits per heavy atom. The lowest BCUT2D eigenvalue weighted by atomic mass is 10.0. The van der Waals surface area contributed by atoms with Crippen molar-refractivity contribution in [1.29, 1.82) is 0 Å². The van der Waals surface area contributed by atoms with Gasteiger partial charge in [-0.15, -0.1) is 24.0 Å². The highest BCUT2D eigenvalue weighted by Crippen LogP contribution is 2.24. The molecule has 1 aliphatic rings. The van der Waals surface area contributed by atoms with E-state index in [1.165, 1.54) is 18.4 Å². The number of nitrogens with two attached hydrogens (primary N) is 1. The molecule has 1 aromatic rings. The Bertz CT molecular complexity index is 455. The van der Waals surface area contributed by atoms with E-state index in [0.29, 0.717) is 31.1 Å². The molecule has 4 nitrogen and oxygen atoms in total. The van der Waals surface area contributed by atoms with E-state index in [-0.39, 0.29) is 24.0 Å². The minimum Gasteiger partial charge on any atom is -0.492 e. The van der Waals surface area contributed by atoms with Crippen molar-refractivity contribution in [3.63, 3.8) is 0 Å². The van der Waals surface area contributed by atoms with Crippen LogP contribution in [0.5, 0.6) is 5.75 Å². The molecule has 0 atom stereocenters. The molecule has 1 saturated carbocycles. The second kappa shape index (κ2) is 8.46. The fourth-order valence-electron chi connectivity index (χ4n) is 2.03. The average Bonchev–Trinajstić information content (AvgIpc) is 3.27. The van der Waals surface area contributed by atoms with Gasteiger partial charge in [0.2, 0.25) is 0 Å². The van der Waals surface area contributed by atoms with Crippen LogP contribution in [0.15, 0.2) is 29.3 Å². The van der Waals surface area contributed by atoms with Gasteiger partial charge in [-0.1, -0.05) is 26.0 Å². The molecule has 0 unspecified atom stereocenters. The first-order valence-corrected chi connectivity index (χ1v) is 7.33. The van der Waals surface area contributed by atoms with E-state index in [0.717, 1.165) is 5.75 Å². The van der Waals surface area contributed by atoms with Crippen molar-refractivity contribution in [2.75, 3.05) is 20.2 Å². The third-order valence-corrected chi connectivity index (χ3v) is 3.64. The molecule has 0 bridgehead atoms. The minimum absolute atomic E-state index is 0. The summed E-state index contributed by atoms with van der Waals surface area (Å²) in [5.41, 5.74) is 7.24. The van der Waals surface area contributed by atoms with Gasteiger partial charge in [-0.25, -0.2) is 4.99 Å². The van der Waals surface area contributed by atoms with E-state index in [1.54, 1.807) is 0 Å². The maximum absolute atomic E-state index is 5.91. The van der Waals surface area contributed by atoms with Crippen LogP contribution in [0.2, 0.25) is 0 Å². The van der Waals surface area contributed by atoms with Gasteiger partial charge in [0.05, 0.1) is 6.54 Å². The number of aliphatic imine (C=N–C) groups is 1. The maximum Gasteiger partial charge on any atom is 0.191 e. The lowest BCUT2D eigenvalue weighted by Gasteiger charge is -2.16. The zero-order valence-corrected chi connectivity index (χ0v) is 15.4. The number of hydrogen-bond donors (Lipinski definition) is 1. The maximum atomic E-state index is 5.91. The van der Waals surface area contributed by atoms with Crippen LogP contribution < -0.4 is 10.5 Å². The van der Waals surface area contributed by atoms with Crippen LogP contribution in [0.3, 0.4) is 0 Å². The van der Waals surface area contributed by atoms with Crippen molar-refractivity contribution in [2.24, 2.45) is 10.7 Å². The highest BCUT2D eigenvalue weighted by atomic mass is 127. The number of guanidine groups is 1. The highest BCUT2D eigenvalue weighted by molar-refractivity contribution is 14.0. The van der Waals surface area contributed by atoms with Gasteiger partial charge in [-0.05, 0) is 36.5 Å². The van der Waals surface area contributed by atoms with Gasteiger partial charge in [-0.2, -0.15) is 0 Å².